The molecule has 0 atom stereocenters. The molecule has 3 rings (SSSR count). The number of carbonyl (C=O) groups is 1. The number of piperazine rings is 1. The SMILES string of the molecule is O=C1OCc2c1ccc(CCN1CCNCC1)c2C(F)(F)F. The zero-order chi connectivity index (χ0) is 15.7. The summed E-state index contributed by atoms with van der Waals surface area (Å²) in [6.07, 6.45) is -4.16. The zero-order valence-corrected chi connectivity index (χ0v) is 12.0. The van der Waals surface area contributed by atoms with E-state index in [1.807, 2.05) is 0 Å². The van der Waals surface area contributed by atoms with Crippen molar-refractivity contribution in [1.82, 2.24) is 10.2 Å². The molecule has 22 heavy (non-hydrogen) atoms. The van der Waals surface area contributed by atoms with Crippen LogP contribution < -0.4 is 5.32 Å². The first-order valence-corrected chi connectivity index (χ1v) is 7.29. The molecule has 1 aromatic carbocycles. The summed E-state index contributed by atoms with van der Waals surface area (Å²) in [5.41, 5.74) is -0.428. The van der Waals surface area contributed by atoms with Gasteiger partial charge in [0.1, 0.15) is 6.61 Å². The Balaban J connectivity index is 1.86. The summed E-state index contributed by atoms with van der Waals surface area (Å²) in [5.74, 6) is -0.672. The van der Waals surface area contributed by atoms with Crippen LogP contribution in [0.5, 0.6) is 0 Å². The molecule has 1 aromatic rings. The van der Waals surface area contributed by atoms with Gasteiger partial charge in [-0.25, -0.2) is 4.79 Å². The van der Waals surface area contributed by atoms with Gasteiger partial charge in [0, 0.05) is 38.3 Å². The van der Waals surface area contributed by atoms with E-state index in [9.17, 15) is 18.0 Å². The van der Waals surface area contributed by atoms with Gasteiger partial charge in [-0.3, -0.25) is 0 Å². The molecule has 120 valence electrons. The van der Waals surface area contributed by atoms with E-state index in [0.717, 1.165) is 26.2 Å². The van der Waals surface area contributed by atoms with Crippen LogP contribution in [0.1, 0.15) is 27.0 Å². The molecule has 0 aromatic heterocycles. The molecule has 1 N–H and O–H groups in total. The number of esters is 1. The second-order valence-corrected chi connectivity index (χ2v) is 5.54. The van der Waals surface area contributed by atoms with E-state index in [-0.39, 0.29) is 23.3 Å². The summed E-state index contributed by atoms with van der Waals surface area (Å²) in [7, 11) is 0. The third-order valence-corrected chi connectivity index (χ3v) is 4.16. The van der Waals surface area contributed by atoms with Crippen LogP contribution >= 0.6 is 0 Å². The molecule has 0 radical (unpaired) electrons. The predicted molar refractivity (Wildman–Crippen MR) is 73.6 cm³/mol. The molecule has 2 aliphatic rings. The van der Waals surface area contributed by atoms with E-state index in [1.165, 1.54) is 12.1 Å². The van der Waals surface area contributed by atoms with Crippen molar-refractivity contribution in [2.45, 2.75) is 19.2 Å². The fraction of sp³-hybridized carbons (Fsp3) is 0.533. The lowest BCUT2D eigenvalue weighted by molar-refractivity contribution is -0.139. The molecule has 0 aliphatic carbocycles. The molecule has 0 saturated carbocycles. The number of hydrogen-bond donors (Lipinski definition) is 1. The monoisotopic (exact) mass is 314 g/mol. The number of ether oxygens (including phenoxy) is 1. The van der Waals surface area contributed by atoms with E-state index in [4.69, 9.17) is 4.74 Å². The average Bonchev–Trinajstić information content (AvgIpc) is 2.86. The Hall–Kier alpha value is -1.60. The highest BCUT2D eigenvalue weighted by Crippen LogP contribution is 2.39. The largest absolute Gasteiger partial charge is 0.457 e. The maximum Gasteiger partial charge on any atom is 0.417 e. The van der Waals surface area contributed by atoms with Crippen LogP contribution in [0.25, 0.3) is 0 Å². The summed E-state index contributed by atoms with van der Waals surface area (Å²) < 4.78 is 45.0. The number of cyclic esters (lactones) is 1. The van der Waals surface area contributed by atoms with Crippen LogP contribution in [0.4, 0.5) is 13.2 Å². The van der Waals surface area contributed by atoms with Crippen LogP contribution in [0, 0.1) is 0 Å². The molecule has 7 heteroatoms. The number of nitrogens with one attached hydrogen (secondary N) is 1. The summed E-state index contributed by atoms with van der Waals surface area (Å²) in [6.45, 7) is 3.70. The topological polar surface area (TPSA) is 41.6 Å². The van der Waals surface area contributed by atoms with Crippen LogP contribution in [0.15, 0.2) is 12.1 Å². The molecular weight excluding hydrogens is 297 g/mol. The minimum absolute atomic E-state index is 0.0182. The Bertz CT molecular complexity index is 581. The molecule has 2 heterocycles. The van der Waals surface area contributed by atoms with Crippen molar-refractivity contribution in [3.63, 3.8) is 0 Å². The summed E-state index contributed by atoms with van der Waals surface area (Å²) >= 11 is 0. The van der Waals surface area contributed by atoms with Crippen LogP contribution in [0.2, 0.25) is 0 Å². The average molecular weight is 314 g/mol. The molecule has 0 amide bonds. The van der Waals surface area contributed by atoms with Gasteiger partial charge < -0.3 is 15.0 Å². The maximum atomic E-state index is 13.4. The van der Waals surface area contributed by atoms with Crippen LogP contribution in [0.3, 0.4) is 0 Å². The molecular formula is C15H17F3N2O2. The Morgan fingerprint density at radius 2 is 1.95 bits per heavy atom. The third-order valence-electron chi connectivity index (χ3n) is 4.16. The van der Waals surface area contributed by atoms with Gasteiger partial charge in [0.05, 0.1) is 11.1 Å². The van der Waals surface area contributed by atoms with Crippen LogP contribution in [-0.2, 0) is 23.9 Å². The van der Waals surface area contributed by atoms with E-state index >= 15 is 0 Å². The van der Waals surface area contributed by atoms with Gasteiger partial charge in [-0.2, -0.15) is 13.2 Å². The van der Waals surface area contributed by atoms with Gasteiger partial charge >= 0.3 is 12.1 Å². The number of alkyl halides is 3. The van der Waals surface area contributed by atoms with Gasteiger partial charge in [0.25, 0.3) is 0 Å². The second-order valence-electron chi connectivity index (χ2n) is 5.54. The first-order chi connectivity index (χ1) is 10.5. The van der Waals surface area contributed by atoms with Crippen molar-refractivity contribution in [3.8, 4) is 0 Å². The first kappa shape index (κ1) is 15.3. The molecule has 1 saturated heterocycles. The fourth-order valence-electron chi connectivity index (χ4n) is 3.03. The summed E-state index contributed by atoms with van der Waals surface area (Å²) in [6, 6.07) is 2.86. The van der Waals surface area contributed by atoms with Crippen molar-refractivity contribution < 1.29 is 22.7 Å². The van der Waals surface area contributed by atoms with Crippen LogP contribution in [-0.4, -0.2) is 43.6 Å². The van der Waals surface area contributed by atoms with Gasteiger partial charge in [-0.15, -0.1) is 0 Å². The number of carbonyl (C=O) groups excluding carboxylic acids is 1. The fourth-order valence-corrected chi connectivity index (χ4v) is 3.03. The molecule has 0 spiro atoms. The number of benzene rings is 1. The minimum Gasteiger partial charge on any atom is -0.457 e. The second kappa shape index (κ2) is 5.89. The normalized spacial score (nSPS) is 19.1. The maximum absolute atomic E-state index is 13.4. The minimum atomic E-state index is -4.47. The van der Waals surface area contributed by atoms with Gasteiger partial charge in [-0.05, 0) is 18.1 Å². The van der Waals surface area contributed by atoms with Gasteiger partial charge in [0.2, 0.25) is 0 Å². The lowest BCUT2D eigenvalue weighted by Gasteiger charge is -2.27. The predicted octanol–water partition coefficient (Wildman–Crippen LogP) is 1.82. The van der Waals surface area contributed by atoms with E-state index in [2.05, 4.69) is 10.2 Å². The molecule has 1 fully saturated rings. The number of halogens is 3. The van der Waals surface area contributed by atoms with Crippen molar-refractivity contribution in [3.05, 3.63) is 34.4 Å². The lowest BCUT2D eigenvalue weighted by atomic mass is 9.95. The number of hydrogen-bond acceptors (Lipinski definition) is 4. The zero-order valence-electron chi connectivity index (χ0n) is 12.0. The number of fused-ring (bicyclic) bond motifs is 1. The van der Waals surface area contributed by atoms with Crippen molar-refractivity contribution in [2.75, 3.05) is 32.7 Å². The molecule has 0 bridgehead atoms. The van der Waals surface area contributed by atoms with Gasteiger partial charge in [0.15, 0.2) is 0 Å². The summed E-state index contributed by atoms with van der Waals surface area (Å²) in [4.78, 5) is 13.6. The number of nitrogens with zero attached hydrogens (tertiary/aromatic N) is 1. The Morgan fingerprint density at radius 3 is 2.64 bits per heavy atom. The van der Waals surface area contributed by atoms with E-state index in [1.54, 1.807) is 0 Å². The molecule has 4 nitrogen and oxygen atoms in total. The standard InChI is InChI=1S/C15H17F3N2O2/c16-15(17,18)13-10(3-6-20-7-4-19-5-8-20)1-2-11-12(13)9-22-14(11)21/h1-2,19H,3-9H2. The Labute approximate surface area is 126 Å². The van der Waals surface area contributed by atoms with Gasteiger partial charge in [-0.1, -0.05) is 6.07 Å². The molecule has 2 aliphatic heterocycles. The van der Waals surface area contributed by atoms with Crippen molar-refractivity contribution in [1.29, 1.82) is 0 Å². The highest BCUT2D eigenvalue weighted by molar-refractivity contribution is 5.94. The van der Waals surface area contributed by atoms with E-state index in [0.29, 0.717) is 13.0 Å². The van der Waals surface area contributed by atoms with E-state index < -0.39 is 17.7 Å². The first-order valence-electron chi connectivity index (χ1n) is 7.29. The highest BCUT2D eigenvalue weighted by atomic mass is 19.4. The Morgan fingerprint density at radius 1 is 1.23 bits per heavy atom. The van der Waals surface area contributed by atoms with Crippen molar-refractivity contribution in [2.24, 2.45) is 0 Å². The number of rotatable bonds is 3. The highest BCUT2D eigenvalue weighted by Gasteiger charge is 2.40. The smallest absolute Gasteiger partial charge is 0.417 e. The summed E-state index contributed by atoms with van der Waals surface area (Å²) in [5, 5.41) is 3.21. The third kappa shape index (κ3) is 2.96. The molecule has 0 unspecified atom stereocenters. The lowest BCUT2D eigenvalue weighted by Crippen LogP contribution is -2.44. The van der Waals surface area contributed by atoms with Crippen molar-refractivity contribution >= 4 is 5.97 Å². The quantitative estimate of drug-likeness (QED) is 0.864. The Kier molecular flexibility index (Phi) is 4.10.